The van der Waals surface area contributed by atoms with E-state index in [0.717, 1.165) is 25.2 Å². The lowest BCUT2D eigenvalue weighted by molar-refractivity contribution is 0.279. The molecule has 1 aromatic rings. The van der Waals surface area contributed by atoms with Crippen molar-refractivity contribution in [3.05, 3.63) is 18.2 Å². The van der Waals surface area contributed by atoms with Gasteiger partial charge in [0.1, 0.15) is 5.75 Å². The second kappa shape index (κ2) is 11.3. The van der Waals surface area contributed by atoms with Crippen LogP contribution >= 0.6 is 0 Å². The van der Waals surface area contributed by atoms with Crippen molar-refractivity contribution in [2.45, 2.75) is 65.2 Å². The van der Waals surface area contributed by atoms with E-state index in [4.69, 9.17) is 9.47 Å². The third kappa shape index (κ3) is 7.84. The van der Waals surface area contributed by atoms with Crippen LogP contribution in [0.5, 0.6) is 17.2 Å². The Hall–Kier alpha value is -1.38. The van der Waals surface area contributed by atoms with Gasteiger partial charge in [-0.2, -0.15) is 0 Å². The van der Waals surface area contributed by atoms with Gasteiger partial charge >= 0.3 is 0 Å². The van der Waals surface area contributed by atoms with Crippen LogP contribution in [0.3, 0.4) is 0 Å². The molecule has 0 aromatic heterocycles. The van der Waals surface area contributed by atoms with Crippen LogP contribution in [0.15, 0.2) is 18.2 Å². The Morgan fingerprint density at radius 3 is 2.05 bits per heavy atom. The molecule has 0 radical (unpaired) electrons. The zero-order valence-corrected chi connectivity index (χ0v) is 13.6. The van der Waals surface area contributed by atoms with Crippen LogP contribution in [0.2, 0.25) is 0 Å². The van der Waals surface area contributed by atoms with Crippen LogP contribution in [0, 0.1) is 0 Å². The SMILES string of the molecule is CCCCCCOc1ccc(O)c(OCCCCCC)c1. The molecule has 1 aromatic carbocycles. The molecular weight excluding hydrogens is 264 g/mol. The molecule has 0 heterocycles. The average Bonchev–Trinajstić information content (AvgIpc) is 2.49. The minimum absolute atomic E-state index is 0.184. The van der Waals surface area contributed by atoms with Crippen molar-refractivity contribution < 1.29 is 14.6 Å². The zero-order valence-electron chi connectivity index (χ0n) is 13.6. The Morgan fingerprint density at radius 1 is 0.810 bits per heavy atom. The van der Waals surface area contributed by atoms with Gasteiger partial charge in [0, 0.05) is 6.07 Å². The lowest BCUT2D eigenvalue weighted by Crippen LogP contribution is -2.00. The number of unbranched alkanes of at least 4 members (excludes halogenated alkanes) is 6. The summed E-state index contributed by atoms with van der Waals surface area (Å²) < 4.78 is 11.3. The Balaban J connectivity index is 2.33. The molecule has 0 fully saturated rings. The van der Waals surface area contributed by atoms with Gasteiger partial charge in [0.15, 0.2) is 11.5 Å². The number of hydrogen-bond acceptors (Lipinski definition) is 3. The van der Waals surface area contributed by atoms with Crippen LogP contribution in [0.25, 0.3) is 0 Å². The molecule has 1 rings (SSSR count). The van der Waals surface area contributed by atoms with Crippen molar-refractivity contribution in [1.82, 2.24) is 0 Å². The molecule has 0 saturated heterocycles. The van der Waals surface area contributed by atoms with E-state index in [2.05, 4.69) is 13.8 Å². The van der Waals surface area contributed by atoms with E-state index in [1.807, 2.05) is 0 Å². The topological polar surface area (TPSA) is 38.7 Å². The quantitative estimate of drug-likeness (QED) is 0.531. The molecule has 0 aliphatic heterocycles. The fourth-order valence-corrected chi connectivity index (χ4v) is 2.13. The highest BCUT2D eigenvalue weighted by molar-refractivity contribution is 5.44. The minimum atomic E-state index is 0.184. The summed E-state index contributed by atoms with van der Waals surface area (Å²) in [6, 6.07) is 5.22. The smallest absolute Gasteiger partial charge is 0.164 e. The first-order valence-electron chi connectivity index (χ1n) is 8.36. The molecule has 0 unspecified atom stereocenters. The Kier molecular flexibility index (Phi) is 9.51. The first-order chi connectivity index (χ1) is 10.3. The summed E-state index contributed by atoms with van der Waals surface area (Å²) >= 11 is 0. The number of aromatic hydroxyl groups is 1. The van der Waals surface area contributed by atoms with Gasteiger partial charge in [-0.15, -0.1) is 0 Å². The first kappa shape index (κ1) is 17.7. The lowest BCUT2D eigenvalue weighted by Gasteiger charge is -2.11. The largest absolute Gasteiger partial charge is 0.504 e. The van der Waals surface area contributed by atoms with Gasteiger partial charge in [-0.3, -0.25) is 0 Å². The van der Waals surface area contributed by atoms with Gasteiger partial charge in [0.2, 0.25) is 0 Å². The molecule has 0 spiro atoms. The van der Waals surface area contributed by atoms with E-state index in [-0.39, 0.29) is 5.75 Å². The molecule has 0 amide bonds. The number of benzene rings is 1. The maximum absolute atomic E-state index is 9.80. The fraction of sp³-hybridized carbons (Fsp3) is 0.667. The number of phenolic OH excluding ortho intramolecular Hbond substituents is 1. The lowest BCUT2D eigenvalue weighted by atomic mass is 10.2. The first-order valence-corrected chi connectivity index (χ1v) is 8.36. The highest BCUT2D eigenvalue weighted by atomic mass is 16.5. The van der Waals surface area contributed by atoms with Crippen LogP contribution in [-0.4, -0.2) is 18.3 Å². The van der Waals surface area contributed by atoms with Gasteiger partial charge in [-0.25, -0.2) is 0 Å². The summed E-state index contributed by atoms with van der Waals surface area (Å²) in [7, 11) is 0. The van der Waals surface area contributed by atoms with Gasteiger partial charge < -0.3 is 14.6 Å². The van der Waals surface area contributed by atoms with Crippen LogP contribution in [0.1, 0.15) is 65.2 Å². The van der Waals surface area contributed by atoms with Gasteiger partial charge in [0.05, 0.1) is 13.2 Å². The summed E-state index contributed by atoms with van der Waals surface area (Å²) in [6.07, 6.45) is 9.40. The Morgan fingerprint density at radius 2 is 1.43 bits per heavy atom. The summed E-state index contributed by atoms with van der Waals surface area (Å²) in [5.41, 5.74) is 0. The van der Waals surface area contributed by atoms with Crippen molar-refractivity contribution in [3.8, 4) is 17.2 Å². The van der Waals surface area contributed by atoms with Crippen LogP contribution in [-0.2, 0) is 0 Å². The van der Waals surface area contributed by atoms with E-state index in [0.29, 0.717) is 12.4 Å². The molecule has 21 heavy (non-hydrogen) atoms. The third-order valence-electron chi connectivity index (χ3n) is 3.45. The molecular formula is C18H30O3. The zero-order chi connectivity index (χ0) is 15.3. The molecule has 0 saturated carbocycles. The summed E-state index contributed by atoms with van der Waals surface area (Å²) in [6.45, 7) is 5.76. The standard InChI is InChI=1S/C18H30O3/c1-3-5-7-9-13-20-16-11-12-17(19)18(15-16)21-14-10-8-6-4-2/h11-12,15,19H,3-10,13-14H2,1-2H3. The van der Waals surface area contributed by atoms with Crippen LogP contribution < -0.4 is 9.47 Å². The fourth-order valence-electron chi connectivity index (χ4n) is 2.13. The maximum Gasteiger partial charge on any atom is 0.164 e. The predicted octanol–water partition coefficient (Wildman–Crippen LogP) is 5.31. The number of ether oxygens (including phenoxy) is 2. The average molecular weight is 294 g/mol. The van der Waals surface area contributed by atoms with E-state index < -0.39 is 0 Å². The second-order valence-corrected chi connectivity index (χ2v) is 5.45. The Bertz CT molecular complexity index is 377. The van der Waals surface area contributed by atoms with Crippen molar-refractivity contribution >= 4 is 0 Å². The molecule has 0 atom stereocenters. The van der Waals surface area contributed by atoms with E-state index in [1.54, 1.807) is 18.2 Å². The summed E-state index contributed by atoms with van der Waals surface area (Å²) in [5.74, 6) is 1.48. The van der Waals surface area contributed by atoms with E-state index in [9.17, 15) is 5.11 Å². The molecule has 120 valence electrons. The van der Waals surface area contributed by atoms with Crippen molar-refractivity contribution in [1.29, 1.82) is 0 Å². The summed E-state index contributed by atoms with van der Waals surface area (Å²) in [4.78, 5) is 0. The minimum Gasteiger partial charge on any atom is -0.504 e. The molecule has 1 N–H and O–H groups in total. The highest BCUT2D eigenvalue weighted by Crippen LogP contribution is 2.30. The molecule has 0 aliphatic carbocycles. The van der Waals surface area contributed by atoms with Gasteiger partial charge in [0.25, 0.3) is 0 Å². The number of rotatable bonds is 12. The molecule has 3 heteroatoms. The van der Waals surface area contributed by atoms with E-state index >= 15 is 0 Å². The number of phenols is 1. The monoisotopic (exact) mass is 294 g/mol. The maximum atomic E-state index is 9.80. The molecule has 3 nitrogen and oxygen atoms in total. The van der Waals surface area contributed by atoms with Crippen LogP contribution in [0.4, 0.5) is 0 Å². The number of hydrogen-bond donors (Lipinski definition) is 1. The third-order valence-corrected chi connectivity index (χ3v) is 3.45. The second-order valence-electron chi connectivity index (χ2n) is 5.45. The predicted molar refractivity (Wildman–Crippen MR) is 87.4 cm³/mol. The van der Waals surface area contributed by atoms with Gasteiger partial charge in [-0.1, -0.05) is 52.4 Å². The normalized spacial score (nSPS) is 10.6. The van der Waals surface area contributed by atoms with E-state index in [1.165, 1.54) is 38.5 Å². The summed E-state index contributed by atoms with van der Waals surface area (Å²) in [5, 5.41) is 9.80. The van der Waals surface area contributed by atoms with Crippen molar-refractivity contribution in [3.63, 3.8) is 0 Å². The van der Waals surface area contributed by atoms with Crippen molar-refractivity contribution in [2.75, 3.05) is 13.2 Å². The van der Waals surface area contributed by atoms with Gasteiger partial charge in [-0.05, 0) is 25.0 Å². The Labute approximate surface area is 129 Å². The van der Waals surface area contributed by atoms with Crippen molar-refractivity contribution in [2.24, 2.45) is 0 Å². The highest BCUT2D eigenvalue weighted by Gasteiger charge is 2.05. The molecule has 0 bridgehead atoms. The molecule has 0 aliphatic rings.